The summed E-state index contributed by atoms with van der Waals surface area (Å²) in [5.74, 6) is -0.429. The van der Waals surface area contributed by atoms with Crippen LogP contribution in [0, 0.1) is 5.82 Å². The normalized spacial score (nSPS) is 10.2. The van der Waals surface area contributed by atoms with Crippen LogP contribution in [0.15, 0.2) is 18.2 Å². The van der Waals surface area contributed by atoms with Gasteiger partial charge < -0.3 is 4.90 Å². The first-order valence-electron chi connectivity index (χ1n) is 4.79. The first-order chi connectivity index (χ1) is 7.56. The lowest BCUT2D eigenvalue weighted by molar-refractivity contribution is -0.129. The number of hydrogen-bond acceptors (Lipinski definition) is 1. The van der Waals surface area contributed by atoms with Gasteiger partial charge in [0.1, 0.15) is 5.82 Å². The highest BCUT2D eigenvalue weighted by Gasteiger charge is 2.13. The molecule has 1 rings (SSSR count). The van der Waals surface area contributed by atoms with E-state index < -0.39 is 0 Å². The van der Waals surface area contributed by atoms with E-state index in [1.807, 2.05) is 0 Å². The smallest absolute Gasteiger partial charge is 0.223 e. The summed E-state index contributed by atoms with van der Waals surface area (Å²) < 4.78 is 13.4. The van der Waals surface area contributed by atoms with Crippen LogP contribution >= 0.6 is 27.5 Å². The van der Waals surface area contributed by atoms with Crippen molar-refractivity contribution in [2.45, 2.75) is 13.0 Å². The first kappa shape index (κ1) is 13.5. The Morgan fingerprint density at radius 2 is 2.25 bits per heavy atom. The van der Waals surface area contributed by atoms with Crippen LogP contribution in [0.25, 0.3) is 0 Å². The summed E-state index contributed by atoms with van der Waals surface area (Å²) in [4.78, 5) is 13.0. The fourth-order valence-corrected chi connectivity index (χ4v) is 1.84. The number of benzene rings is 1. The van der Waals surface area contributed by atoms with Crippen molar-refractivity contribution in [3.8, 4) is 0 Å². The molecule has 1 aromatic rings. The average Bonchev–Trinajstić information content (AvgIpc) is 2.23. The average molecular weight is 309 g/mol. The Morgan fingerprint density at radius 3 is 2.81 bits per heavy atom. The fraction of sp³-hybridized carbons (Fsp3) is 0.364. The fourth-order valence-electron chi connectivity index (χ4n) is 1.28. The molecule has 1 amide bonds. The molecule has 16 heavy (non-hydrogen) atoms. The first-order valence-corrected chi connectivity index (χ1v) is 6.29. The minimum Gasteiger partial charge on any atom is -0.341 e. The number of halogens is 3. The van der Waals surface area contributed by atoms with Gasteiger partial charge in [0.15, 0.2) is 0 Å². The zero-order chi connectivity index (χ0) is 12.1. The maximum Gasteiger partial charge on any atom is 0.223 e. The second-order valence-corrected chi connectivity index (χ2v) is 4.59. The quantitative estimate of drug-likeness (QED) is 0.782. The van der Waals surface area contributed by atoms with Gasteiger partial charge in [-0.25, -0.2) is 4.39 Å². The summed E-state index contributed by atoms with van der Waals surface area (Å²) >= 11 is 9.05. The highest BCUT2D eigenvalue weighted by Crippen LogP contribution is 2.20. The summed E-state index contributed by atoms with van der Waals surface area (Å²) in [6, 6.07) is 4.49. The van der Waals surface area contributed by atoms with Crippen molar-refractivity contribution >= 4 is 33.4 Å². The minimum absolute atomic E-state index is 0.0452. The lowest BCUT2D eigenvalue weighted by atomic mass is 10.2. The molecule has 0 bridgehead atoms. The van der Waals surface area contributed by atoms with Gasteiger partial charge in [-0.2, -0.15) is 0 Å². The van der Waals surface area contributed by atoms with Gasteiger partial charge in [0.05, 0.1) is 0 Å². The Balaban J connectivity index is 2.76. The monoisotopic (exact) mass is 307 g/mol. The SMILES string of the molecule is CN(Cc1c(F)cccc1Cl)C(=O)CCBr. The van der Waals surface area contributed by atoms with Gasteiger partial charge in [-0.1, -0.05) is 33.6 Å². The lowest BCUT2D eigenvalue weighted by Gasteiger charge is -2.17. The molecule has 2 nitrogen and oxygen atoms in total. The number of alkyl halides is 1. The molecule has 0 saturated carbocycles. The van der Waals surface area contributed by atoms with Gasteiger partial charge in [0.25, 0.3) is 0 Å². The van der Waals surface area contributed by atoms with Gasteiger partial charge in [0, 0.05) is 35.9 Å². The van der Waals surface area contributed by atoms with Gasteiger partial charge in [-0.05, 0) is 12.1 Å². The van der Waals surface area contributed by atoms with Crippen molar-refractivity contribution in [1.29, 1.82) is 0 Å². The van der Waals surface area contributed by atoms with E-state index in [1.165, 1.54) is 11.0 Å². The molecular weight excluding hydrogens is 296 g/mol. The van der Waals surface area contributed by atoms with E-state index in [0.717, 1.165) is 0 Å². The maximum atomic E-state index is 13.4. The topological polar surface area (TPSA) is 20.3 Å². The third kappa shape index (κ3) is 3.46. The third-order valence-electron chi connectivity index (χ3n) is 2.19. The summed E-state index contributed by atoms with van der Waals surface area (Å²) in [5, 5.41) is 0.944. The Bertz CT molecular complexity index is 366. The molecule has 0 spiro atoms. The highest BCUT2D eigenvalue weighted by atomic mass is 79.9. The van der Waals surface area contributed by atoms with Crippen LogP contribution in [0.5, 0.6) is 0 Å². The van der Waals surface area contributed by atoms with Gasteiger partial charge in [-0.15, -0.1) is 0 Å². The zero-order valence-electron chi connectivity index (χ0n) is 8.84. The van der Waals surface area contributed by atoms with Crippen LogP contribution in [0.3, 0.4) is 0 Å². The van der Waals surface area contributed by atoms with Gasteiger partial charge in [-0.3, -0.25) is 4.79 Å². The van der Waals surface area contributed by atoms with Gasteiger partial charge in [0.2, 0.25) is 5.91 Å². The molecule has 0 aromatic heterocycles. The molecule has 88 valence electrons. The zero-order valence-corrected chi connectivity index (χ0v) is 11.2. The number of rotatable bonds is 4. The lowest BCUT2D eigenvalue weighted by Crippen LogP contribution is -2.26. The second kappa shape index (κ2) is 6.21. The van der Waals surface area contributed by atoms with Crippen molar-refractivity contribution in [1.82, 2.24) is 4.90 Å². The molecular formula is C11H12BrClFNO. The van der Waals surface area contributed by atoms with Crippen LogP contribution in [-0.4, -0.2) is 23.2 Å². The van der Waals surface area contributed by atoms with Crippen molar-refractivity contribution in [2.75, 3.05) is 12.4 Å². The van der Waals surface area contributed by atoms with E-state index in [1.54, 1.807) is 19.2 Å². The Kier molecular flexibility index (Phi) is 5.22. The number of amides is 1. The Labute approximate surface area is 108 Å². The van der Waals surface area contributed by atoms with E-state index in [-0.39, 0.29) is 18.3 Å². The van der Waals surface area contributed by atoms with Crippen LogP contribution in [0.1, 0.15) is 12.0 Å². The van der Waals surface area contributed by atoms with E-state index in [4.69, 9.17) is 11.6 Å². The van der Waals surface area contributed by atoms with Crippen LogP contribution in [0.2, 0.25) is 5.02 Å². The molecule has 0 radical (unpaired) electrons. The molecule has 0 heterocycles. The maximum absolute atomic E-state index is 13.4. The van der Waals surface area contributed by atoms with E-state index in [0.29, 0.717) is 22.3 Å². The van der Waals surface area contributed by atoms with Crippen LogP contribution in [0.4, 0.5) is 4.39 Å². The molecule has 0 aliphatic carbocycles. The van der Waals surface area contributed by atoms with Crippen LogP contribution in [-0.2, 0) is 11.3 Å². The van der Waals surface area contributed by atoms with E-state index in [2.05, 4.69) is 15.9 Å². The molecule has 0 fully saturated rings. The molecule has 0 atom stereocenters. The summed E-state index contributed by atoms with van der Waals surface area (Å²) in [7, 11) is 1.63. The van der Waals surface area contributed by atoms with Crippen LogP contribution < -0.4 is 0 Å². The summed E-state index contributed by atoms with van der Waals surface area (Å²) in [6.45, 7) is 0.192. The summed E-state index contributed by atoms with van der Waals surface area (Å²) in [6.07, 6.45) is 0.391. The molecule has 0 unspecified atom stereocenters. The Hall–Kier alpha value is -0.610. The standard InChI is InChI=1S/C11H12BrClFNO/c1-15(11(16)5-6-12)7-8-9(13)3-2-4-10(8)14/h2-4H,5-7H2,1H3. The van der Waals surface area contributed by atoms with Crippen molar-refractivity contribution in [2.24, 2.45) is 0 Å². The predicted octanol–water partition coefficient (Wildman–Crippen LogP) is 3.22. The van der Waals surface area contributed by atoms with Crippen molar-refractivity contribution < 1.29 is 9.18 Å². The molecule has 0 N–H and O–H groups in total. The Morgan fingerprint density at radius 1 is 1.56 bits per heavy atom. The van der Waals surface area contributed by atoms with E-state index >= 15 is 0 Å². The molecule has 0 aliphatic rings. The second-order valence-electron chi connectivity index (χ2n) is 3.39. The highest BCUT2D eigenvalue weighted by molar-refractivity contribution is 9.09. The molecule has 0 saturated heterocycles. The van der Waals surface area contributed by atoms with E-state index in [9.17, 15) is 9.18 Å². The third-order valence-corrected chi connectivity index (χ3v) is 2.94. The summed E-state index contributed by atoms with van der Waals surface area (Å²) in [5.41, 5.74) is 0.356. The number of carbonyl (C=O) groups excluding carboxylic acids is 1. The van der Waals surface area contributed by atoms with Crippen molar-refractivity contribution in [3.63, 3.8) is 0 Å². The molecule has 0 aliphatic heterocycles. The largest absolute Gasteiger partial charge is 0.341 e. The van der Waals surface area contributed by atoms with Gasteiger partial charge >= 0.3 is 0 Å². The molecule has 1 aromatic carbocycles. The predicted molar refractivity (Wildman–Crippen MR) is 66.3 cm³/mol. The minimum atomic E-state index is -0.383. The van der Waals surface area contributed by atoms with Crippen molar-refractivity contribution in [3.05, 3.63) is 34.6 Å². The number of carbonyl (C=O) groups is 1. The number of nitrogens with zero attached hydrogens (tertiary/aromatic N) is 1. The number of hydrogen-bond donors (Lipinski definition) is 0. The molecule has 5 heteroatoms.